The van der Waals surface area contributed by atoms with Gasteiger partial charge in [-0.2, -0.15) is 0 Å². The third-order valence-electron chi connectivity index (χ3n) is 3.34. The van der Waals surface area contributed by atoms with Crippen LogP contribution < -0.4 is 5.32 Å². The van der Waals surface area contributed by atoms with Gasteiger partial charge >= 0.3 is 0 Å². The van der Waals surface area contributed by atoms with Crippen LogP contribution in [-0.2, 0) is 6.61 Å². The minimum Gasteiger partial charge on any atom is -0.392 e. The Kier molecular flexibility index (Phi) is 3.93. The van der Waals surface area contributed by atoms with Gasteiger partial charge < -0.3 is 10.4 Å². The summed E-state index contributed by atoms with van der Waals surface area (Å²) in [6.07, 6.45) is 0. The Labute approximate surface area is 97.1 Å². The molecular formula is C13H20N2O. The molecule has 1 saturated heterocycles. The Balaban J connectivity index is 2.04. The minimum absolute atomic E-state index is 0.127. The first-order valence-electron chi connectivity index (χ1n) is 5.95. The summed E-state index contributed by atoms with van der Waals surface area (Å²) in [6.45, 7) is 6.77. The zero-order valence-electron chi connectivity index (χ0n) is 9.82. The second-order valence-electron chi connectivity index (χ2n) is 4.36. The standard InChI is InChI=1S/C13H20N2O/c1-11(15-8-6-14-7-9-15)13-4-2-12(10-16)3-5-13/h2-5,11,14,16H,6-10H2,1H3. The average molecular weight is 220 g/mol. The molecule has 3 nitrogen and oxygen atoms in total. The maximum Gasteiger partial charge on any atom is 0.0681 e. The van der Waals surface area contributed by atoms with Crippen molar-refractivity contribution in [3.8, 4) is 0 Å². The van der Waals surface area contributed by atoms with Crippen molar-refractivity contribution in [2.75, 3.05) is 26.2 Å². The van der Waals surface area contributed by atoms with E-state index >= 15 is 0 Å². The molecule has 2 rings (SSSR count). The maximum atomic E-state index is 9.00. The van der Waals surface area contributed by atoms with Crippen LogP contribution >= 0.6 is 0 Å². The normalized spacial score (nSPS) is 19.6. The van der Waals surface area contributed by atoms with Gasteiger partial charge in [-0.05, 0) is 18.1 Å². The van der Waals surface area contributed by atoms with Gasteiger partial charge in [0.2, 0.25) is 0 Å². The Morgan fingerprint density at radius 2 is 1.88 bits per heavy atom. The van der Waals surface area contributed by atoms with Gasteiger partial charge in [0, 0.05) is 32.2 Å². The SMILES string of the molecule is CC(c1ccc(CO)cc1)N1CCNCC1. The fraction of sp³-hybridized carbons (Fsp3) is 0.538. The number of benzene rings is 1. The lowest BCUT2D eigenvalue weighted by molar-refractivity contribution is 0.185. The molecule has 0 aliphatic carbocycles. The summed E-state index contributed by atoms with van der Waals surface area (Å²) in [5.74, 6) is 0. The summed E-state index contributed by atoms with van der Waals surface area (Å²) in [5, 5.41) is 12.4. The lowest BCUT2D eigenvalue weighted by atomic mass is 10.0. The second-order valence-corrected chi connectivity index (χ2v) is 4.36. The molecule has 0 saturated carbocycles. The largest absolute Gasteiger partial charge is 0.392 e. The third-order valence-corrected chi connectivity index (χ3v) is 3.34. The topological polar surface area (TPSA) is 35.5 Å². The first-order chi connectivity index (χ1) is 7.81. The molecule has 1 heterocycles. The van der Waals surface area contributed by atoms with E-state index in [9.17, 15) is 0 Å². The van der Waals surface area contributed by atoms with Crippen molar-refractivity contribution < 1.29 is 5.11 Å². The molecule has 1 fully saturated rings. The quantitative estimate of drug-likeness (QED) is 0.802. The Hall–Kier alpha value is -0.900. The number of aliphatic hydroxyl groups is 1. The van der Waals surface area contributed by atoms with Gasteiger partial charge in [-0.15, -0.1) is 0 Å². The Morgan fingerprint density at radius 3 is 2.44 bits per heavy atom. The second kappa shape index (κ2) is 5.43. The van der Waals surface area contributed by atoms with Crippen LogP contribution in [0.25, 0.3) is 0 Å². The number of aliphatic hydroxyl groups excluding tert-OH is 1. The zero-order chi connectivity index (χ0) is 11.4. The van der Waals surface area contributed by atoms with Gasteiger partial charge in [0.25, 0.3) is 0 Å². The number of piperazine rings is 1. The van der Waals surface area contributed by atoms with Crippen molar-refractivity contribution in [1.29, 1.82) is 0 Å². The molecule has 3 heteroatoms. The highest BCUT2D eigenvalue weighted by Gasteiger charge is 2.17. The van der Waals surface area contributed by atoms with Gasteiger partial charge in [0.1, 0.15) is 0 Å². The molecule has 1 aliphatic heterocycles. The van der Waals surface area contributed by atoms with Crippen LogP contribution in [0.15, 0.2) is 24.3 Å². The first kappa shape index (κ1) is 11.6. The predicted molar refractivity (Wildman–Crippen MR) is 65.2 cm³/mol. The van der Waals surface area contributed by atoms with E-state index in [0.717, 1.165) is 31.7 Å². The molecule has 0 aromatic heterocycles. The van der Waals surface area contributed by atoms with Crippen molar-refractivity contribution in [1.82, 2.24) is 10.2 Å². The van der Waals surface area contributed by atoms with Gasteiger partial charge in [-0.25, -0.2) is 0 Å². The summed E-state index contributed by atoms with van der Waals surface area (Å²) in [5.41, 5.74) is 2.32. The van der Waals surface area contributed by atoms with Gasteiger partial charge in [0.05, 0.1) is 6.61 Å². The number of nitrogens with zero attached hydrogens (tertiary/aromatic N) is 1. The lowest BCUT2D eigenvalue weighted by Crippen LogP contribution is -2.44. The van der Waals surface area contributed by atoms with Crippen molar-refractivity contribution >= 4 is 0 Å². The highest BCUT2D eigenvalue weighted by Crippen LogP contribution is 2.20. The summed E-state index contributed by atoms with van der Waals surface area (Å²) in [7, 11) is 0. The van der Waals surface area contributed by atoms with E-state index in [-0.39, 0.29) is 6.61 Å². The van der Waals surface area contributed by atoms with Crippen molar-refractivity contribution in [2.24, 2.45) is 0 Å². The number of hydrogen-bond acceptors (Lipinski definition) is 3. The van der Waals surface area contributed by atoms with Crippen LogP contribution in [-0.4, -0.2) is 36.2 Å². The van der Waals surface area contributed by atoms with E-state index in [4.69, 9.17) is 5.11 Å². The summed E-state index contributed by atoms with van der Waals surface area (Å²) >= 11 is 0. The third kappa shape index (κ3) is 2.61. The highest BCUT2D eigenvalue weighted by molar-refractivity contribution is 5.24. The van der Waals surface area contributed by atoms with Crippen molar-refractivity contribution in [3.05, 3.63) is 35.4 Å². The van der Waals surface area contributed by atoms with E-state index < -0.39 is 0 Å². The molecule has 88 valence electrons. The maximum absolute atomic E-state index is 9.00. The van der Waals surface area contributed by atoms with Gasteiger partial charge in [-0.3, -0.25) is 4.90 Å². The fourth-order valence-corrected chi connectivity index (χ4v) is 2.18. The molecule has 1 unspecified atom stereocenters. The molecule has 0 radical (unpaired) electrons. The lowest BCUT2D eigenvalue weighted by Gasteiger charge is -2.33. The van der Waals surface area contributed by atoms with Crippen LogP contribution in [0.5, 0.6) is 0 Å². The smallest absolute Gasteiger partial charge is 0.0681 e. The molecule has 1 aromatic rings. The summed E-state index contributed by atoms with van der Waals surface area (Å²) in [6, 6.07) is 8.73. The van der Waals surface area contributed by atoms with E-state index in [1.807, 2.05) is 12.1 Å². The highest BCUT2D eigenvalue weighted by atomic mass is 16.3. The molecule has 16 heavy (non-hydrogen) atoms. The van der Waals surface area contributed by atoms with E-state index in [1.165, 1.54) is 5.56 Å². The number of nitrogens with one attached hydrogen (secondary N) is 1. The molecule has 1 atom stereocenters. The molecule has 2 N–H and O–H groups in total. The average Bonchev–Trinajstić information content (AvgIpc) is 2.39. The number of hydrogen-bond donors (Lipinski definition) is 2. The monoisotopic (exact) mass is 220 g/mol. The molecule has 0 bridgehead atoms. The first-order valence-corrected chi connectivity index (χ1v) is 5.95. The van der Waals surface area contributed by atoms with Gasteiger partial charge in [-0.1, -0.05) is 24.3 Å². The summed E-state index contributed by atoms with van der Waals surface area (Å²) < 4.78 is 0. The molecule has 0 spiro atoms. The molecule has 1 aromatic carbocycles. The van der Waals surface area contributed by atoms with E-state index in [0.29, 0.717) is 6.04 Å². The van der Waals surface area contributed by atoms with Crippen LogP contribution in [0.3, 0.4) is 0 Å². The van der Waals surface area contributed by atoms with Crippen LogP contribution in [0.1, 0.15) is 24.1 Å². The summed E-state index contributed by atoms with van der Waals surface area (Å²) in [4.78, 5) is 2.49. The van der Waals surface area contributed by atoms with Gasteiger partial charge in [0.15, 0.2) is 0 Å². The van der Waals surface area contributed by atoms with Crippen LogP contribution in [0.4, 0.5) is 0 Å². The fourth-order valence-electron chi connectivity index (χ4n) is 2.18. The molecule has 1 aliphatic rings. The number of rotatable bonds is 3. The van der Waals surface area contributed by atoms with E-state index in [1.54, 1.807) is 0 Å². The van der Waals surface area contributed by atoms with Crippen molar-refractivity contribution in [2.45, 2.75) is 19.6 Å². The predicted octanol–water partition coefficient (Wildman–Crippen LogP) is 1.15. The Morgan fingerprint density at radius 1 is 1.25 bits per heavy atom. The molecular weight excluding hydrogens is 200 g/mol. The zero-order valence-corrected chi connectivity index (χ0v) is 9.82. The Bertz CT molecular complexity index is 317. The van der Waals surface area contributed by atoms with Crippen molar-refractivity contribution in [3.63, 3.8) is 0 Å². The van der Waals surface area contributed by atoms with Crippen LogP contribution in [0, 0.1) is 0 Å². The van der Waals surface area contributed by atoms with E-state index in [2.05, 4.69) is 29.3 Å². The minimum atomic E-state index is 0.127. The van der Waals surface area contributed by atoms with Crippen LogP contribution in [0.2, 0.25) is 0 Å². The molecule has 0 amide bonds.